The van der Waals surface area contributed by atoms with Crippen LogP contribution in [0.3, 0.4) is 0 Å². The topological polar surface area (TPSA) is 55.6 Å². The molecular weight excluding hydrogens is 286 g/mol. The number of rotatable bonds is 5. The number of aryl methyl sites for hydroxylation is 2. The average molecular weight is 307 g/mol. The zero-order valence-electron chi connectivity index (χ0n) is 13.7. The lowest BCUT2D eigenvalue weighted by Crippen LogP contribution is -2.10. The number of hydrogen-bond acceptors (Lipinski definition) is 4. The van der Waals surface area contributed by atoms with E-state index < -0.39 is 0 Å². The van der Waals surface area contributed by atoms with E-state index in [0.29, 0.717) is 0 Å². The predicted molar refractivity (Wildman–Crippen MR) is 91.7 cm³/mol. The first-order valence-corrected chi connectivity index (χ1v) is 7.87. The SMILES string of the molecule is CCc1cc(NC(C)c2cccc(-n3cccn3)c2)nc(C)n1. The van der Waals surface area contributed by atoms with Crippen LogP contribution in [-0.2, 0) is 6.42 Å². The summed E-state index contributed by atoms with van der Waals surface area (Å²) < 4.78 is 1.86. The second-order valence-electron chi connectivity index (χ2n) is 5.56. The smallest absolute Gasteiger partial charge is 0.130 e. The van der Waals surface area contributed by atoms with Gasteiger partial charge in [0.05, 0.1) is 11.7 Å². The fourth-order valence-corrected chi connectivity index (χ4v) is 2.55. The third-order valence-electron chi connectivity index (χ3n) is 3.76. The van der Waals surface area contributed by atoms with Crippen LogP contribution in [-0.4, -0.2) is 19.7 Å². The quantitative estimate of drug-likeness (QED) is 0.781. The van der Waals surface area contributed by atoms with Crippen molar-refractivity contribution in [1.29, 1.82) is 0 Å². The third-order valence-corrected chi connectivity index (χ3v) is 3.76. The summed E-state index contributed by atoms with van der Waals surface area (Å²) in [7, 11) is 0. The van der Waals surface area contributed by atoms with Crippen LogP contribution in [0.15, 0.2) is 48.8 Å². The Bertz CT molecular complexity index is 780. The molecule has 0 aliphatic heterocycles. The minimum absolute atomic E-state index is 0.143. The summed E-state index contributed by atoms with van der Waals surface area (Å²) in [5.74, 6) is 1.66. The molecule has 1 aromatic carbocycles. The van der Waals surface area contributed by atoms with Gasteiger partial charge in [0.25, 0.3) is 0 Å². The Morgan fingerprint density at radius 1 is 1.17 bits per heavy atom. The van der Waals surface area contributed by atoms with Crippen LogP contribution in [0, 0.1) is 6.92 Å². The van der Waals surface area contributed by atoms with Gasteiger partial charge in [-0.25, -0.2) is 14.6 Å². The summed E-state index contributed by atoms with van der Waals surface area (Å²) in [6.07, 6.45) is 4.63. The maximum atomic E-state index is 4.48. The highest BCUT2D eigenvalue weighted by Gasteiger charge is 2.09. The molecule has 0 saturated carbocycles. The van der Waals surface area contributed by atoms with Gasteiger partial charge in [0.2, 0.25) is 0 Å². The Labute approximate surface area is 136 Å². The zero-order chi connectivity index (χ0) is 16.2. The van der Waals surface area contributed by atoms with Gasteiger partial charge < -0.3 is 5.32 Å². The Balaban J connectivity index is 1.82. The maximum absolute atomic E-state index is 4.48. The lowest BCUT2D eigenvalue weighted by Gasteiger charge is -2.16. The van der Waals surface area contributed by atoms with Crippen molar-refractivity contribution in [3.05, 3.63) is 65.9 Å². The molecule has 1 N–H and O–H groups in total. The normalized spacial score (nSPS) is 12.1. The molecule has 5 nitrogen and oxygen atoms in total. The van der Waals surface area contributed by atoms with E-state index in [2.05, 4.69) is 46.4 Å². The Kier molecular flexibility index (Phi) is 4.37. The minimum atomic E-state index is 0.143. The molecule has 0 radical (unpaired) electrons. The first kappa shape index (κ1) is 15.2. The van der Waals surface area contributed by atoms with Gasteiger partial charge in [-0.15, -0.1) is 0 Å². The molecule has 2 heterocycles. The second kappa shape index (κ2) is 6.60. The maximum Gasteiger partial charge on any atom is 0.130 e. The van der Waals surface area contributed by atoms with Gasteiger partial charge in [0, 0.05) is 24.2 Å². The fraction of sp³-hybridized carbons (Fsp3) is 0.278. The molecule has 0 bridgehead atoms. The van der Waals surface area contributed by atoms with Crippen molar-refractivity contribution in [3.63, 3.8) is 0 Å². The summed E-state index contributed by atoms with van der Waals surface area (Å²) in [4.78, 5) is 8.90. The van der Waals surface area contributed by atoms with E-state index >= 15 is 0 Å². The molecule has 0 fully saturated rings. The van der Waals surface area contributed by atoms with Gasteiger partial charge in [0.15, 0.2) is 0 Å². The molecule has 5 heteroatoms. The van der Waals surface area contributed by atoms with Crippen LogP contribution < -0.4 is 5.32 Å². The Morgan fingerprint density at radius 2 is 2.04 bits per heavy atom. The zero-order valence-corrected chi connectivity index (χ0v) is 13.7. The molecule has 0 saturated heterocycles. The molecule has 0 aliphatic carbocycles. The molecule has 3 aromatic rings. The lowest BCUT2D eigenvalue weighted by atomic mass is 10.1. The van der Waals surface area contributed by atoms with Gasteiger partial charge in [0.1, 0.15) is 11.6 Å². The Morgan fingerprint density at radius 3 is 2.78 bits per heavy atom. The summed E-state index contributed by atoms with van der Waals surface area (Å²) in [5.41, 5.74) is 3.29. The van der Waals surface area contributed by atoms with Crippen LogP contribution >= 0.6 is 0 Å². The summed E-state index contributed by atoms with van der Waals surface area (Å²) in [6, 6.07) is 12.4. The van der Waals surface area contributed by atoms with Crippen molar-refractivity contribution in [1.82, 2.24) is 19.7 Å². The van der Waals surface area contributed by atoms with Crippen molar-refractivity contribution in [2.24, 2.45) is 0 Å². The van der Waals surface area contributed by atoms with Crippen LogP contribution in [0.5, 0.6) is 0 Å². The van der Waals surface area contributed by atoms with Gasteiger partial charge in [-0.2, -0.15) is 5.10 Å². The van der Waals surface area contributed by atoms with E-state index in [1.807, 2.05) is 42.1 Å². The molecule has 0 amide bonds. The molecule has 3 rings (SSSR count). The van der Waals surface area contributed by atoms with Gasteiger partial charge >= 0.3 is 0 Å². The van der Waals surface area contributed by atoms with Crippen molar-refractivity contribution in [2.45, 2.75) is 33.2 Å². The van der Waals surface area contributed by atoms with Crippen LogP contribution in [0.2, 0.25) is 0 Å². The monoisotopic (exact) mass is 307 g/mol. The third kappa shape index (κ3) is 3.56. The first-order valence-electron chi connectivity index (χ1n) is 7.87. The average Bonchev–Trinajstić information content (AvgIpc) is 3.09. The number of benzene rings is 1. The van der Waals surface area contributed by atoms with Crippen molar-refractivity contribution < 1.29 is 0 Å². The van der Waals surface area contributed by atoms with E-state index in [-0.39, 0.29) is 6.04 Å². The molecular formula is C18H21N5. The number of nitrogens with zero attached hydrogens (tertiary/aromatic N) is 4. The molecule has 1 unspecified atom stereocenters. The summed E-state index contributed by atoms with van der Waals surface area (Å²) in [5, 5.41) is 7.75. The van der Waals surface area contributed by atoms with E-state index in [0.717, 1.165) is 29.4 Å². The van der Waals surface area contributed by atoms with E-state index in [1.54, 1.807) is 6.20 Å². The van der Waals surface area contributed by atoms with Gasteiger partial charge in [-0.1, -0.05) is 19.1 Å². The van der Waals surface area contributed by atoms with Crippen LogP contribution in [0.1, 0.15) is 37.0 Å². The highest BCUT2D eigenvalue weighted by atomic mass is 15.3. The predicted octanol–water partition coefficient (Wildman–Crippen LogP) is 3.71. The molecule has 2 aromatic heterocycles. The van der Waals surface area contributed by atoms with Gasteiger partial charge in [-0.05, 0) is 44.0 Å². The number of nitrogens with one attached hydrogen (secondary N) is 1. The van der Waals surface area contributed by atoms with E-state index in [4.69, 9.17) is 0 Å². The van der Waals surface area contributed by atoms with Crippen LogP contribution in [0.4, 0.5) is 5.82 Å². The number of aromatic nitrogens is 4. The van der Waals surface area contributed by atoms with Gasteiger partial charge in [-0.3, -0.25) is 0 Å². The molecule has 23 heavy (non-hydrogen) atoms. The fourth-order valence-electron chi connectivity index (χ4n) is 2.55. The second-order valence-corrected chi connectivity index (χ2v) is 5.56. The van der Waals surface area contributed by atoms with Crippen molar-refractivity contribution in [3.8, 4) is 5.69 Å². The highest BCUT2D eigenvalue weighted by molar-refractivity contribution is 5.42. The molecule has 118 valence electrons. The summed E-state index contributed by atoms with van der Waals surface area (Å²) >= 11 is 0. The number of anilines is 1. The van der Waals surface area contributed by atoms with Crippen LogP contribution in [0.25, 0.3) is 5.69 Å². The van der Waals surface area contributed by atoms with E-state index in [1.165, 1.54) is 5.56 Å². The van der Waals surface area contributed by atoms with Crippen molar-refractivity contribution in [2.75, 3.05) is 5.32 Å². The number of hydrogen-bond donors (Lipinski definition) is 1. The standard InChI is InChI=1S/C18H21N5/c1-4-16-12-18(22-14(3)21-16)20-13(2)15-7-5-8-17(11-15)23-10-6-9-19-23/h5-13H,4H2,1-3H3,(H,20,21,22). The minimum Gasteiger partial charge on any atom is -0.363 e. The summed E-state index contributed by atoms with van der Waals surface area (Å²) in [6.45, 7) is 6.15. The largest absolute Gasteiger partial charge is 0.363 e. The Hall–Kier alpha value is -2.69. The molecule has 0 aliphatic rings. The molecule has 0 spiro atoms. The lowest BCUT2D eigenvalue weighted by molar-refractivity contribution is 0.842. The van der Waals surface area contributed by atoms with E-state index in [9.17, 15) is 0 Å². The van der Waals surface area contributed by atoms with Crippen molar-refractivity contribution >= 4 is 5.82 Å². The molecule has 1 atom stereocenters. The first-order chi connectivity index (χ1) is 11.2. The highest BCUT2D eigenvalue weighted by Crippen LogP contribution is 2.21.